The Hall–Kier alpha value is -2.31. The number of halogens is 2. The van der Waals surface area contributed by atoms with E-state index in [2.05, 4.69) is 22.0 Å². The Morgan fingerprint density at radius 1 is 1.09 bits per heavy atom. The van der Waals surface area contributed by atoms with E-state index in [1.165, 1.54) is 21.9 Å². The van der Waals surface area contributed by atoms with Gasteiger partial charge in [-0.2, -0.15) is 0 Å². The summed E-state index contributed by atoms with van der Waals surface area (Å²) < 4.78 is 26.8. The Balaban J connectivity index is 1.29. The molecule has 32 heavy (non-hydrogen) atoms. The SMILES string of the molecule is CCc1cc(-c2ccc(CCC3CCN(Cc4cc(F)cc(F)c4)CC3)s2)c(C)[nH]c1=O. The van der Waals surface area contributed by atoms with Gasteiger partial charge in [-0.15, -0.1) is 11.3 Å². The van der Waals surface area contributed by atoms with Crippen LogP contribution in [0.5, 0.6) is 0 Å². The number of pyridine rings is 1. The average Bonchev–Trinajstić information content (AvgIpc) is 3.21. The lowest BCUT2D eigenvalue weighted by Gasteiger charge is -2.32. The standard InChI is InChI=1S/C26H30F2N2OS/c1-3-20-14-24(17(2)29-26(20)31)25-7-6-23(32-25)5-4-18-8-10-30(11-9-18)16-19-12-21(27)15-22(28)13-19/h6-7,12-15,18H,3-5,8-11,16H2,1-2H3,(H,29,31). The van der Waals surface area contributed by atoms with Crippen molar-refractivity contribution in [3.05, 3.63) is 80.1 Å². The van der Waals surface area contributed by atoms with Gasteiger partial charge in [-0.05, 0) is 93.9 Å². The van der Waals surface area contributed by atoms with Crippen LogP contribution in [0.1, 0.15) is 47.9 Å². The zero-order valence-corrected chi connectivity index (χ0v) is 19.5. The van der Waals surface area contributed by atoms with Gasteiger partial charge in [-0.3, -0.25) is 9.69 Å². The molecule has 170 valence electrons. The monoisotopic (exact) mass is 456 g/mol. The van der Waals surface area contributed by atoms with Gasteiger partial charge in [-0.25, -0.2) is 8.78 Å². The Morgan fingerprint density at radius 2 is 1.81 bits per heavy atom. The molecular weight excluding hydrogens is 426 g/mol. The smallest absolute Gasteiger partial charge is 0.251 e. The molecule has 0 aliphatic carbocycles. The zero-order chi connectivity index (χ0) is 22.7. The summed E-state index contributed by atoms with van der Waals surface area (Å²) in [4.78, 5) is 19.9. The summed E-state index contributed by atoms with van der Waals surface area (Å²) >= 11 is 1.82. The van der Waals surface area contributed by atoms with Crippen LogP contribution < -0.4 is 5.56 Å². The summed E-state index contributed by atoms with van der Waals surface area (Å²) in [5.74, 6) is -0.330. The van der Waals surface area contributed by atoms with Crippen LogP contribution in [0.2, 0.25) is 0 Å². The van der Waals surface area contributed by atoms with Crippen molar-refractivity contribution in [2.75, 3.05) is 13.1 Å². The first-order chi connectivity index (χ1) is 15.4. The Kier molecular flexibility index (Phi) is 7.21. The number of thiophene rings is 1. The highest BCUT2D eigenvalue weighted by Gasteiger charge is 2.20. The topological polar surface area (TPSA) is 36.1 Å². The number of benzene rings is 1. The highest BCUT2D eigenvalue weighted by Crippen LogP contribution is 2.32. The van der Waals surface area contributed by atoms with E-state index in [-0.39, 0.29) is 5.56 Å². The highest BCUT2D eigenvalue weighted by atomic mass is 32.1. The maximum Gasteiger partial charge on any atom is 0.251 e. The molecule has 1 fully saturated rings. The van der Waals surface area contributed by atoms with Crippen LogP contribution in [-0.4, -0.2) is 23.0 Å². The second kappa shape index (κ2) is 10.1. The van der Waals surface area contributed by atoms with Gasteiger partial charge in [-0.1, -0.05) is 6.92 Å². The fraction of sp³-hybridized carbons (Fsp3) is 0.423. The summed E-state index contributed by atoms with van der Waals surface area (Å²) in [5, 5.41) is 0. The van der Waals surface area contributed by atoms with Crippen LogP contribution in [0.3, 0.4) is 0 Å². The summed E-state index contributed by atoms with van der Waals surface area (Å²) in [5.41, 5.74) is 3.59. The molecule has 0 radical (unpaired) electrons. The fourth-order valence-corrected chi connectivity index (χ4v) is 5.68. The van der Waals surface area contributed by atoms with Crippen molar-refractivity contribution < 1.29 is 8.78 Å². The number of nitrogens with zero attached hydrogens (tertiary/aromatic N) is 1. The number of H-pyrrole nitrogens is 1. The van der Waals surface area contributed by atoms with Crippen molar-refractivity contribution in [2.45, 2.75) is 52.5 Å². The van der Waals surface area contributed by atoms with Crippen molar-refractivity contribution in [3.63, 3.8) is 0 Å². The molecule has 3 nitrogen and oxygen atoms in total. The molecule has 2 aromatic heterocycles. The first-order valence-corrected chi connectivity index (χ1v) is 12.2. The van der Waals surface area contributed by atoms with E-state index in [9.17, 15) is 13.6 Å². The lowest BCUT2D eigenvalue weighted by Crippen LogP contribution is -2.33. The first-order valence-electron chi connectivity index (χ1n) is 11.4. The molecule has 1 aromatic carbocycles. The lowest BCUT2D eigenvalue weighted by molar-refractivity contribution is 0.172. The number of hydrogen-bond donors (Lipinski definition) is 1. The number of nitrogens with one attached hydrogen (secondary N) is 1. The minimum absolute atomic E-state index is 0.0133. The predicted octanol–water partition coefficient (Wildman–Crippen LogP) is 6.10. The number of piperidine rings is 1. The molecule has 1 aliphatic heterocycles. The van der Waals surface area contributed by atoms with E-state index >= 15 is 0 Å². The van der Waals surface area contributed by atoms with Gasteiger partial charge in [0.1, 0.15) is 11.6 Å². The van der Waals surface area contributed by atoms with Crippen LogP contribution in [0.4, 0.5) is 8.78 Å². The fourth-order valence-electron chi connectivity index (χ4n) is 4.58. The molecule has 0 bridgehead atoms. The maximum absolute atomic E-state index is 13.4. The molecule has 1 aliphatic rings. The minimum atomic E-state index is -0.506. The molecule has 0 spiro atoms. The minimum Gasteiger partial charge on any atom is -0.326 e. The molecule has 0 unspecified atom stereocenters. The number of likely N-dealkylation sites (tertiary alicyclic amines) is 1. The average molecular weight is 457 g/mol. The predicted molar refractivity (Wildman–Crippen MR) is 127 cm³/mol. The van der Waals surface area contributed by atoms with Crippen LogP contribution in [0.25, 0.3) is 10.4 Å². The van der Waals surface area contributed by atoms with Crippen LogP contribution in [0.15, 0.2) is 41.2 Å². The van der Waals surface area contributed by atoms with Crippen LogP contribution >= 0.6 is 11.3 Å². The number of aromatic nitrogens is 1. The van der Waals surface area contributed by atoms with E-state index < -0.39 is 11.6 Å². The highest BCUT2D eigenvalue weighted by molar-refractivity contribution is 7.15. The second-order valence-corrected chi connectivity index (χ2v) is 9.99. The third-order valence-electron chi connectivity index (χ3n) is 6.46. The normalized spacial score (nSPS) is 15.4. The summed E-state index contributed by atoms with van der Waals surface area (Å²) in [7, 11) is 0. The van der Waals surface area contributed by atoms with Gasteiger partial charge in [0, 0.05) is 39.2 Å². The zero-order valence-electron chi connectivity index (χ0n) is 18.7. The third kappa shape index (κ3) is 5.54. The molecule has 0 saturated carbocycles. The quantitative estimate of drug-likeness (QED) is 0.466. The van der Waals surface area contributed by atoms with E-state index in [1.807, 2.05) is 31.3 Å². The Labute approximate surface area is 192 Å². The Morgan fingerprint density at radius 3 is 2.50 bits per heavy atom. The van der Waals surface area contributed by atoms with Crippen molar-refractivity contribution in [3.8, 4) is 10.4 Å². The number of aryl methyl sites for hydroxylation is 3. The molecule has 4 rings (SSSR count). The van der Waals surface area contributed by atoms with Gasteiger partial charge in [0.2, 0.25) is 0 Å². The summed E-state index contributed by atoms with van der Waals surface area (Å²) in [6.07, 6.45) is 5.19. The van der Waals surface area contributed by atoms with Crippen molar-refractivity contribution in [1.29, 1.82) is 0 Å². The van der Waals surface area contributed by atoms with Gasteiger partial charge in [0.05, 0.1) is 0 Å². The van der Waals surface area contributed by atoms with E-state index in [4.69, 9.17) is 0 Å². The molecule has 6 heteroatoms. The lowest BCUT2D eigenvalue weighted by atomic mass is 9.91. The molecule has 1 saturated heterocycles. The molecule has 3 aromatic rings. The number of aromatic amines is 1. The van der Waals surface area contributed by atoms with Gasteiger partial charge in [0.15, 0.2) is 0 Å². The van der Waals surface area contributed by atoms with E-state index in [1.54, 1.807) is 0 Å². The second-order valence-electron chi connectivity index (χ2n) is 8.82. The molecule has 0 atom stereocenters. The van der Waals surface area contributed by atoms with E-state index in [0.717, 1.165) is 68.1 Å². The molecule has 3 heterocycles. The maximum atomic E-state index is 13.4. The number of hydrogen-bond acceptors (Lipinski definition) is 3. The van der Waals surface area contributed by atoms with Crippen LogP contribution in [0, 0.1) is 24.5 Å². The molecule has 1 N–H and O–H groups in total. The van der Waals surface area contributed by atoms with Gasteiger partial charge >= 0.3 is 0 Å². The number of rotatable bonds is 7. The van der Waals surface area contributed by atoms with Crippen molar-refractivity contribution >= 4 is 11.3 Å². The molecular formula is C26H30F2N2OS. The third-order valence-corrected chi connectivity index (χ3v) is 7.64. The summed E-state index contributed by atoms with van der Waals surface area (Å²) in [6.45, 7) is 6.50. The van der Waals surface area contributed by atoms with E-state index in [0.29, 0.717) is 18.0 Å². The van der Waals surface area contributed by atoms with Gasteiger partial charge in [0.25, 0.3) is 5.56 Å². The van der Waals surface area contributed by atoms with Crippen molar-refractivity contribution in [2.24, 2.45) is 5.92 Å². The van der Waals surface area contributed by atoms with Crippen molar-refractivity contribution in [1.82, 2.24) is 9.88 Å². The largest absolute Gasteiger partial charge is 0.326 e. The van der Waals surface area contributed by atoms with Gasteiger partial charge < -0.3 is 4.98 Å². The summed E-state index contributed by atoms with van der Waals surface area (Å²) in [6, 6.07) is 10.2. The first kappa shape index (κ1) is 22.9. The van der Waals surface area contributed by atoms with Crippen LogP contribution in [-0.2, 0) is 19.4 Å². The Bertz CT molecular complexity index is 1110. The molecule has 0 amide bonds.